The van der Waals surface area contributed by atoms with Crippen LogP contribution in [0, 0.1) is 0 Å². The molecule has 2 aromatic rings. The molecule has 0 saturated heterocycles. The van der Waals surface area contributed by atoms with Crippen molar-refractivity contribution in [1.29, 1.82) is 0 Å². The van der Waals surface area contributed by atoms with Crippen molar-refractivity contribution in [1.82, 2.24) is 4.72 Å². The highest BCUT2D eigenvalue weighted by molar-refractivity contribution is 8.71. The Morgan fingerprint density at radius 2 is 1.62 bits per heavy atom. The van der Waals surface area contributed by atoms with Crippen LogP contribution in [0.5, 0.6) is 0 Å². The van der Waals surface area contributed by atoms with Crippen molar-refractivity contribution in [3.05, 3.63) is 36.4 Å². The molecule has 0 aliphatic carbocycles. The smallest absolute Gasteiger partial charge is 0.241 e. The fourth-order valence-corrected chi connectivity index (χ4v) is 5.00. The minimum Gasteiger partial charge on any atom is -0.377 e. The molecule has 0 spiro atoms. The van der Waals surface area contributed by atoms with E-state index in [1.165, 1.54) is 12.3 Å². The van der Waals surface area contributed by atoms with Crippen molar-refractivity contribution in [2.75, 3.05) is 37.5 Å². The average Bonchev–Trinajstić information content (AvgIpc) is 2.53. The van der Waals surface area contributed by atoms with Crippen LogP contribution in [-0.2, 0) is 18.9 Å². The topological polar surface area (TPSA) is 83.5 Å². The van der Waals surface area contributed by atoms with Gasteiger partial charge in [0.05, 0.1) is 10.6 Å². The van der Waals surface area contributed by atoms with Gasteiger partial charge in [-0.15, -0.1) is 0 Å². The molecule has 1 N–H and O–H groups in total. The maximum absolute atomic E-state index is 12.6. The fourth-order valence-electron chi connectivity index (χ4n) is 2.35. The van der Waals surface area contributed by atoms with Crippen LogP contribution >= 0.6 is 10.8 Å². The summed E-state index contributed by atoms with van der Waals surface area (Å²) in [4.78, 5) is 2.06. The first-order chi connectivity index (χ1) is 11.2. The highest BCUT2D eigenvalue weighted by Gasteiger charge is 2.19. The third-order valence-electron chi connectivity index (χ3n) is 3.53. The van der Waals surface area contributed by atoms with E-state index in [1.54, 1.807) is 18.2 Å². The Balaban J connectivity index is 2.39. The SMILES string of the molecule is CSS(=O)(=O)CCNS(=O)(=O)c1cccc2c(N(C)C)cccc12. The zero-order valence-electron chi connectivity index (χ0n) is 13.7. The number of benzene rings is 2. The summed E-state index contributed by atoms with van der Waals surface area (Å²) in [6.07, 6.45) is 1.46. The lowest BCUT2D eigenvalue weighted by molar-refractivity contribution is 0.583. The van der Waals surface area contributed by atoms with Gasteiger partial charge in [-0.1, -0.05) is 24.3 Å². The predicted octanol–water partition coefficient (Wildman–Crippen LogP) is 1.88. The number of sulfonamides is 1. The lowest BCUT2D eigenvalue weighted by Crippen LogP contribution is -2.28. The first kappa shape index (κ1) is 19.0. The number of rotatable bonds is 7. The molecule has 9 heteroatoms. The number of nitrogens with zero attached hydrogens (tertiary/aromatic N) is 1. The van der Waals surface area contributed by atoms with Crippen LogP contribution in [-0.4, -0.2) is 49.5 Å². The van der Waals surface area contributed by atoms with Crippen molar-refractivity contribution in [3.8, 4) is 0 Å². The second-order valence-electron chi connectivity index (χ2n) is 5.35. The van der Waals surface area contributed by atoms with E-state index in [-0.39, 0.29) is 17.2 Å². The first-order valence-electron chi connectivity index (χ1n) is 7.15. The standard InChI is InChI=1S/C15H20N2O4S3/c1-17(2)14-8-4-7-13-12(14)6-5-9-15(13)24(20,21)16-10-11-23(18,19)22-3/h4-9,16H,10-11H2,1-3H3. The number of nitrogens with one attached hydrogen (secondary N) is 1. The van der Waals surface area contributed by atoms with E-state index < -0.39 is 18.9 Å². The van der Waals surface area contributed by atoms with Gasteiger partial charge in [0.15, 0.2) is 0 Å². The molecule has 2 rings (SSSR count). The third kappa shape index (κ3) is 4.21. The minimum atomic E-state index is -3.80. The molecule has 0 unspecified atom stereocenters. The van der Waals surface area contributed by atoms with Gasteiger partial charge in [0.2, 0.25) is 18.9 Å². The van der Waals surface area contributed by atoms with Crippen LogP contribution in [0.1, 0.15) is 0 Å². The van der Waals surface area contributed by atoms with Crippen molar-refractivity contribution in [2.24, 2.45) is 0 Å². The molecule has 0 amide bonds. The number of anilines is 1. The third-order valence-corrected chi connectivity index (χ3v) is 8.28. The molecule has 0 aliphatic heterocycles. The van der Waals surface area contributed by atoms with Crippen LogP contribution in [0.25, 0.3) is 10.8 Å². The Bertz CT molecular complexity index is 938. The summed E-state index contributed by atoms with van der Waals surface area (Å²) >= 11 is 0. The van der Waals surface area contributed by atoms with Crippen molar-refractivity contribution in [3.63, 3.8) is 0 Å². The molecular weight excluding hydrogens is 368 g/mol. The molecule has 0 bridgehead atoms. The summed E-state index contributed by atoms with van der Waals surface area (Å²) in [5, 5.41) is 1.42. The van der Waals surface area contributed by atoms with Gasteiger partial charge < -0.3 is 4.90 Å². The maximum atomic E-state index is 12.6. The molecule has 0 saturated carbocycles. The van der Waals surface area contributed by atoms with Gasteiger partial charge in [0, 0.05) is 37.1 Å². The van der Waals surface area contributed by atoms with E-state index in [4.69, 9.17) is 0 Å². The second kappa shape index (κ2) is 7.30. The average molecular weight is 389 g/mol. The van der Waals surface area contributed by atoms with Crippen molar-refractivity contribution >= 4 is 46.1 Å². The van der Waals surface area contributed by atoms with Crippen LogP contribution in [0.4, 0.5) is 5.69 Å². The summed E-state index contributed by atoms with van der Waals surface area (Å²) in [5.41, 5.74) is 0.912. The van der Waals surface area contributed by atoms with Gasteiger partial charge in [-0.25, -0.2) is 21.6 Å². The molecular formula is C15H20N2O4S3. The van der Waals surface area contributed by atoms with E-state index in [0.29, 0.717) is 16.2 Å². The van der Waals surface area contributed by atoms with Gasteiger partial charge in [-0.2, -0.15) is 0 Å². The van der Waals surface area contributed by atoms with Gasteiger partial charge in [-0.05, 0) is 29.2 Å². The maximum Gasteiger partial charge on any atom is 0.241 e. The molecule has 0 atom stereocenters. The zero-order valence-corrected chi connectivity index (χ0v) is 16.1. The highest BCUT2D eigenvalue weighted by atomic mass is 33.1. The predicted molar refractivity (Wildman–Crippen MR) is 101 cm³/mol. The normalized spacial score (nSPS) is 12.5. The van der Waals surface area contributed by atoms with E-state index in [0.717, 1.165) is 11.1 Å². The fraction of sp³-hybridized carbons (Fsp3) is 0.333. The molecule has 0 aliphatic rings. The zero-order chi connectivity index (χ0) is 18.0. The molecule has 6 nitrogen and oxygen atoms in total. The Hall–Kier alpha value is -1.29. The van der Waals surface area contributed by atoms with Crippen LogP contribution in [0.2, 0.25) is 0 Å². The largest absolute Gasteiger partial charge is 0.377 e. The Kier molecular flexibility index (Phi) is 5.79. The molecule has 24 heavy (non-hydrogen) atoms. The summed E-state index contributed by atoms with van der Waals surface area (Å²) in [5.74, 6) is -0.249. The molecule has 0 heterocycles. The summed E-state index contributed by atoms with van der Waals surface area (Å²) in [6.45, 7) is -0.157. The Labute approximate surface area is 146 Å². The van der Waals surface area contributed by atoms with E-state index in [2.05, 4.69) is 4.72 Å². The van der Waals surface area contributed by atoms with Crippen molar-refractivity contribution in [2.45, 2.75) is 4.90 Å². The molecule has 132 valence electrons. The lowest BCUT2D eigenvalue weighted by atomic mass is 10.1. The van der Waals surface area contributed by atoms with Gasteiger partial charge in [-0.3, -0.25) is 0 Å². The van der Waals surface area contributed by atoms with E-state index in [1.807, 2.05) is 31.1 Å². The minimum absolute atomic E-state index is 0.144. The van der Waals surface area contributed by atoms with E-state index in [9.17, 15) is 16.8 Å². The Morgan fingerprint density at radius 1 is 1.00 bits per heavy atom. The van der Waals surface area contributed by atoms with Gasteiger partial charge >= 0.3 is 0 Å². The quantitative estimate of drug-likeness (QED) is 0.729. The monoisotopic (exact) mass is 388 g/mol. The van der Waals surface area contributed by atoms with Crippen LogP contribution in [0.15, 0.2) is 41.3 Å². The molecule has 0 fully saturated rings. The molecule has 0 radical (unpaired) electrons. The highest BCUT2D eigenvalue weighted by Crippen LogP contribution is 2.30. The second-order valence-corrected chi connectivity index (χ2v) is 11.5. The van der Waals surface area contributed by atoms with Crippen molar-refractivity contribution < 1.29 is 16.8 Å². The first-order valence-corrected chi connectivity index (χ1v) is 12.0. The van der Waals surface area contributed by atoms with Gasteiger partial charge in [0.25, 0.3) is 0 Å². The molecule has 2 aromatic carbocycles. The van der Waals surface area contributed by atoms with E-state index >= 15 is 0 Å². The summed E-state index contributed by atoms with van der Waals surface area (Å²) in [7, 11) is -2.61. The lowest BCUT2D eigenvalue weighted by Gasteiger charge is -2.17. The summed E-state index contributed by atoms with van der Waals surface area (Å²) in [6, 6.07) is 10.5. The number of hydrogen-bond acceptors (Lipinski definition) is 6. The number of hydrogen-bond donors (Lipinski definition) is 1. The Morgan fingerprint density at radius 3 is 2.25 bits per heavy atom. The number of fused-ring (bicyclic) bond motifs is 1. The van der Waals surface area contributed by atoms with Gasteiger partial charge in [0.1, 0.15) is 0 Å². The molecule has 0 aromatic heterocycles. The van der Waals surface area contributed by atoms with Crippen LogP contribution < -0.4 is 9.62 Å². The van der Waals surface area contributed by atoms with Crippen LogP contribution in [0.3, 0.4) is 0 Å². The summed E-state index contributed by atoms with van der Waals surface area (Å²) < 4.78 is 50.5.